The number of ether oxygens (including phenoxy) is 2. The van der Waals surface area contributed by atoms with Crippen LogP contribution in [0.25, 0.3) is 31.8 Å². The van der Waals surface area contributed by atoms with E-state index in [1.807, 2.05) is 60.7 Å². The van der Waals surface area contributed by atoms with Crippen molar-refractivity contribution in [2.24, 2.45) is 0 Å². The van der Waals surface area contributed by atoms with Gasteiger partial charge in [0.25, 0.3) is 6.47 Å². The van der Waals surface area contributed by atoms with Crippen LogP contribution in [0.15, 0.2) is 84.9 Å². The molecule has 0 spiro atoms. The van der Waals surface area contributed by atoms with Gasteiger partial charge < -0.3 is 9.47 Å². The second-order valence-electron chi connectivity index (χ2n) is 9.85. The molecule has 1 N–H and O–H groups in total. The van der Waals surface area contributed by atoms with Crippen LogP contribution in [0.3, 0.4) is 0 Å². The van der Waals surface area contributed by atoms with Crippen LogP contribution >= 0.6 is 22.9 Å². The number of nitrogens with zero attached hydrogens (tertiary/aromatic N) is 1. The second kappa shape index (κ2) is 11.0. The van der Waals surface area contributed by atoms with Gasteiger partial charge in [-0.3, -0.25) is 10.1 Å². The molecule has 1 amide bonds. The number of anilines is 1. The fourth-order valence-corrected chi connectivity index (χ4v) is 6.32. The summed E-state index contributed by atoms with van der Waals surface area (Å²) in [5, 5.41) is 3.98. The molecular weight excluding hydrogens is 563 g/mol. The summed E-state index contributed by atoms with van der Waals surface area (Å²) in [6.07, 6.45) is 0.414. The number of carbonyl (C=O) groups is 2. The van der Waals surface area contributed by atoms with Crippen LogP contribution in [0.1, 0.15) is 37.0 Å². The zero-order chi connectivity index (χ0) is 28.6. The first-order valence-corrected chi connectivity index (χ1v) is 14.2. The van der Waals surface area contributed by atoms with E-state index in [0.717, 1.165) is 40.0 Å². The molecule has 9 heteroatoms. The quantitative estimate of drug-likeness (QED) is 0.145. The van der Waals surface area contributed by atoms with E-state index < -0.39 is 23.7 Å². The molecular formula is C32H24ClFN2O4S. The fraction of sp³-hybridized carbons (Fsp3) is 0.156. The molecule has 0 bridgehead atoms. The van der Waals surface area contributed by atoms with Gasteiger partial charge in [-0.05, 0) is 60.2 Å². The SMILES string of the molecule is C[C@@H](OC(=O)Nc1c(-c2ccc(-c3ccc(C4(OC=O)CC4)cc3)cc2)sc2nc(F)ccc12)c1ccccc1Cl. The van der Waals surface area contributed by atoms with E-state index in [0.29, 0.717) is 33.0 Å². The van der Waals surface area contributed by atoms with Gasteiger partial charge in [-0.1, -0.05) is 78.3 Å². The number of nitrogens with one attached hydrogen (secondary N) is 1. The Morgan fingerprint density at radius 2 is 1.66 bits per heavy atom. The van der Waals surface area contributed by atoms with Crippen LogP contribution in [0, 0.1) is 5.95 Å². The number of benzene rings is 3. The number of halogens is 2. The molecule has 1 fully saturated rings. The Labute approximate surface area is 244 Å². The lowest BCUT2D eigenvalue weighted by molar-refractivity contribution is -0.136. The van der Waals surface area contributed by atoms with Crippen molar-refractivity contribution in [2.45, 2.75) is 31.5 Å². The summed E-state index contributed by atoms with van der Waals surface area (Å²) in [5.41, 5.74) is 4.54. The summed E-state index contributed by atoms with van der Waals surface area (Å²) in [4.78, 5) is 29.1. The number of fused-ring (bicyclic) bond motifs is 1. The van der Waals surface area contributed by atoms with Crippen LogP contribution < -0.4 is 5.32 Å². The third kappa shape index (κ3) is 5.40. The standard InChI is InChI=1S/C32H24ClFN2O4S/c1-19(24-4-2-3-5-26(24)33)40-31(38)36-28-25-14-15-27(34)35-30(25)41-29(28)22-8-6-20(7-9-22)21-10-12-23(13-11-21)32(16-17-32)39-18-37/h2-15,18-19H,16-17H2,1H3,(H,36,38)/t19-/m1/s1. The minimum atomic E-state index is -0.661. The molecule has 1 saturated carbocycles. The van der Waals surface area contributed by atoms with E-state index in [1.54, 1.807) is 25.1 Å². The molecule has 5 aromatic rings. The first-order chi connectivity index (χ1) is 19.9. The largest absolute Gasteiger partial charge is 0.456 e. The Balaban J connectivity index is 1.27. The molecule has 6 nitrogen and oxygen atoms in total. The minimum Gasteiger partial charge on any atom is -0.456 e. The van der Waals surface area contributed by atoms with E-state index in [1.165, 1.54) is 17.4 Å². The average Bonchev–Trinajstić information content (AvgIpc) is 3.68. The summed E-state index contributed by atoms with van der Waals surface area (Å²) in [6, 6.07) is 25.9. The molecule has 1 aliphatic rings. The third-order valence-corrected chi connectivity index (χ3v) is 8.74. The average molecular weight is 587 g/mol. The maximum absolute atomic E-state index is 14.0. The molecule has 0 radical (unpaired) electrons. The van der Waals surface area contributed by atoms with Gasteiger partial charge in [0.15, 0.2) is 0 Å². The predicted octanol–water partition coefficient (Wildman–Crippen LogP) is 8.89. The summed E-state index contributed by atoms with van der Waals surface area (Å²) >= 11 is 7.56. The highest BCUT2D eigenvalue weighted by Crippen LogP contribution is 2.49. The number of thiophene rings is 1. The Kier molecular flexibility index (Phi) is 7.19. The van der Waals surface area contributed by atoms with Gasteiger partial charge >= 0.3 is 6.09 Å². The summed E-state index contributed by atoms with van der Waals surface area (Å²) in [5.74, 6) is -0.600. The minimum absolute atomic E-state index is 0.459. The molecule has 1 aliphatic carbocycles. The van der Waals surface area contributed by atoms with Crippen LogP contribution in [-0.4, -0.2) is 17.5 Å². The first kappa shape index (κ1) is 26.9. The fourth-order valence-electron chi connectivity index (χ4n) is 4.90. The molecule has 0 unspecified atom stereocenters. The maximum Gasteiger partial charge on any atom is 0.412 e. The highest BCUT2D eigenvalue weighted by Gasteiger charge is 2.46. The van der Waals surface area contributed by atoms with Gasteiger partial charge in [-0.15, -0.1) is 11.3 Å². The van der Waals surface area contributed by atoms with Gasteiger partial charge in [0.1, 0.15) is 16.5 Å². The van der Waals surface area contributed by atoms with Crippen LogP contribution in [0.4, 0.5) is 14.9 Å². The number of hydrogen-bond acceptors (Lipinski definition) is 6. The Morgan fingerprint density at radius 1 is 1.00 bits per heavy atom. The highest BCUT2D eigenvalue weighted by atomic mass is 35.5. The maximum atomic E-state index is 14.0. The van der Waals surface area contributed by atoms with Crippen molar-refractivity contribution in [2.75, 3.05) is 5.32 Å². The lowest BCUT2D eigenvalue weighted by Crippen LogP contribution is -2.16. The Morgan fingerprint density at radius 3 is 2.32 bits per heavy atom. The number of carbonyl (C=O) groups excluding carboxylic acids is 2. The van der Waals surface area contributed by atoms with E-state index >= 15 is 0 Å². The van der Waals surface area contributed by atoms with E-state index in [-0.39, 0.29) is 0 Å². The highest BCUT2D eigenvalue weighted by molar-refractivity contribution is 7.22. The van der Waals surface area contributed by atoms with Crippen molar-refractivity contribution >= 4 is 51.4 Å². The zero-order valence-electron chi connectivity index (χ0n) is 21.9. The molecule has 0 saturated heterocycles. The third-order valence-electron chi connectivity index (χ3n) is 7.24. The van der Waals surface area contributed by atoms with Crippen molar-refractivity contribution in [3.05, 3.63) is 107 Å². The monoisotopic (exact) mass is 586 g/mol. The van der Waals surface area contributed by atoms with Gasteiger partial charge in [0, 0.05) is 16.0 Å². The molecule has 1 atom stereocenters. The number of pyridine rings is 1. The molecule has 41 heavy (non-hydrogen) atoms. The molecule has 206 valence electrons. The van der Waals surface area contributed by atoms with Gasteiger partial charge in [-0.25, -0.2) is 9.78 Å². The van der Waals surface area contributed by atoms with Gasteiger partial charge in [0.2, 0.25) is 5.95 Å². The molecule has 2 heterocycles. The van der Waals surface area contributed by atoms with Crippen molar-refractivity contribution in [1.82, 2.24) is 4.98 Å². The van der Waals surface area contributed by atoms with Crippen LogP contribution in [0.5, 0.6) is 0 Å². The number of rotatable bonds is 8. The van der Waals surface area contributed by atoms with Gasteiger partial charge in [-0.2, -0.15) is 4.39 Å². The topological polar surface area (TPSA) is 77.5 Å². The molecule has 2 aromatic heterocycles. The van der Waals surface area contributed by atoms with Crippen LogP contribution in [-0.2, 0) is 19.9 Å². The van der Waals surface area contributed by atoms with E-state index in [4.69, 9.17) is 21.1 Å². The van der Waals surface area contributed by atoms with Crippen LogP contribution in [0.2, 0.25) is 5.02 Å². The Hall–Kier alpha value is -4.27. The van der Waals surface area contributed by atoms with Crippen molar-refractivity contribution in [3.63, 3.8) is 0 Å². The summed E-state index contributed by atoms with van der Waals surface area (Å²) in [7, 11) is 0. The first-order valence-electron chi connectivity index (χ1n) is 13.0. The molecule has 3 aromatic carbocycles. The molecule has 6 rings (SSSR count). The normalized spacial score (nSPS) is 14.3. The molecule has 0 aliphatic heterocycles. The van der Waals surface area contributed by atoms with Crippen molar-refractivity contribution in [3.8, 4) is 21.6 Å². The number of aromatic nitrogens is 1. The van der Waals surface area contributed by atoms with Gasteiger partial charge in [0.05, 0.1) is 10.6 Å². The second-order valence-corrected chi connectivity index (χ2v) is 11.3. The lowest BCUT2D eigenvalue weighted by Gasteiger charge is -2.16. The van der Waals surface area contributed by atoms with E-state index in [2.05, 4.69) is 10.3 Å². The number of hydrogen-bond donors (Lipinski definition) is 1. The number of amides is 1. The van der Waals surface area contributed by atoms with E-state index in [9.17, 15) is 14.0 Å². The smallest absolute Gasteiger partial charge is 0.412 e. The lowest BCUT2D eigenvalue weighted by atomic mass is 9.99. The van der Waals surface area contributed by atoms with Crippen molar-refractivity contribution in [1.29, 1.82) is 0 Å². The summed E-state index contributed by atoms with van der Waals surface area (Å²) < 4.78 is 24.9. The Bertz CT molecular complexity index is 1750. The van der Waals surface area contributed by atoms with Crippen molar-refractivity contribution < 1.29 is 23.5 Å². The zero-order valence-corrected chi connectivity index (χ0v) is 23.5. The summed E-state index contributed by atoms with van der Waals surface area (Å²) in [6.45, 7) is 2.26. The predicted molar refractivity (Wildman–Crippen MR) is 158 cm³/mol.